The first-order chi connectivity index (χ1) is 18.8. The lowest BCUT2D eigenvalue weighted by Crippen LogP contribution is -2.74. The largest absolute Gasteiger partial charge is 0.481 e. The Morgan fingerprint density at radius 2 is 2.26 bits per heavy atom. The summed E-state index contributed by atoms with van der Waals surface area (Å²) in [7, 11) is 0. The van der Waals surface area contributed by atoms with Crippen LogP contribution >= 0.6 is 35.1 Å². The number of nitrogen functional groups attached to an aromatic ring is 1. The normalized spacial score (nSPS) is 26.3. The standard InChI is InChI=1S/C20H25N11O5S3/c21-5-6-31-19(25-28-29-31)38-9-20(17(34)35)7-30-15(33)12(16(30)37-8-20)23-14(32)11(13-24-18(22)39-27-13)26-36-10-3-1-2-4-10/h1,3,10,12,16H,2,4-9,21H2,(H,23,32)(H,34,35)(H2,22,24,27)/t10?,12?,16-,20?/m1/s1. The van der Waals surface area contributed by atoms with Crippen molar-refractivity contribution in [3.63, 3.8) is 0 Å². The molecular formula is C20H25N11O5S3. The fourth-order valence-electron chi connectivity index (χ4n) is 4.21. The van der Waals surface area contributed by atoms with Gasteiger partial charge in [0.1, 0.15) is 22.9 Å². The monoisotopic (exact) mass is 595 g/mol. The van der Waals surface area contributed by atoms with Crippen LogP contribution in [0.25, 0.3) is 0 Å². The van der Waals surface area contributed by atoms with Gasteiger partial charge in [0.2, 0.25) is 22.6 Å². The van der Waals surface area contributed by atoms with Gasteiger partial charge in [0.25, 0.3) is 5.91 Å². The molecule has 39 heavy (non-hydrogen) atoms. The zero-order chi connectivity index (χ0) is 27.6. The number of oxime groups is 1. The van der Waals surface area contributed by atoms with Gasteiger partial charge >= 0.3 is 5.97 Å². The third kappa shape index (κ3) is 5.56. The van der Waals surface area contributed by atoms with Crippen molar-refractivity contribution in [1.82, 2.24) is 39.8 Å². The molecule has 3 aliphatic rings. The zero-order valence-corrected chi connectivity index (χ0v) is 22.8. The Bertz CT molecular complexity index is 1320. The van der Waals surface area contributed by atoms with Crippen molar-refractivity contribution in [1.29, 1.82) is 0 Å². The van der Waals surface area contributed by atoms with Crippen LogP contribution in [0.2, 0.25) is 0 Å². The van der Waals surface area contributed by atoms with E-state index < -0.39 is 34.6 Å². The molecule has 6 N–H and O–H groups in total. The number of fused-ring (bicyclic) bond motifs is 1. The van der Waals surface area contributed by atoms with E-state index in [1.165, 1.54) is 33.1 Å². The number of carbonyl (C=O) groups is 3. The van der Waals surface area contributed by atoms with Crippen LogP contribution in [0.4, 0.5) is 5.13 Å². The molecule has 2 aromatic rings. The van der Waals surface area contributed by atoms with E-state index in [9.17, 15) is 19.5 Å². The molecule has 0 bridgehead atoms. The number of amides is 2. The number of hydrogen-bond acceptors (Lipinski definition) is 15. The number of tetrazole rings is 1. The van der Waals surface area contributed by atoms with Crippen LogP contribution in [0, 0.1) is 5.41 Å². The predicted octanol–water partition coefficient (Wildman–Crippen LogP) is -1.23. The average Bonchev–Trinajstić information content (AvgIpc) is 3.69. The summed E-state index contributed by atoms with van der Waals surface area (Å²) in [5.41, 5.74) is 9.84. The quantitative estimate of drug-likeness (QED) is 0.0783. The minimum absolute atomic E-state index is 0.00389. The molecule has 0 spiro atoms. The summed E-state index contributed by atoms with van der Waals surface area (Å²) in [5.74, 6) is -1.75. The molecule has 2 aromatic heterocycles. The number of aromatic nitrogens is 6. The van der Waals surface area contributed by atoms with Crippen molar-refractivity contribution in [3.8, 4) is 0 Å². The Morgan fingerprint density at radius 3 is 2.95 bits per heavy atom. The van der Waals surface area contributed by atoms with Crippen LogP contribution in [0.3, 0.4) is 0 Å². The highest BCUT2D eigenvalue weighted by atomic mass is 32.2. The predicted molar refractivity (Wildman–Crippen MR) is 142 cm³/mol. The van der Waals surface area contributed by atoms with Gasteiger partial charge < -0.3 is 31.6 Å². The topological polar surface area (TPSA) is 230 Å². The van der Waals surface area contributed by atoms with E-state index in [-0.39, 0.29) is 40.8 Å². The summed E-state index contributed by atoms with van der Waals surface area (Å²) in [4.78, 5) is 49.6. The Balaban J connectivity index is 1.25. The van der Waals surface area contributed by atoms with Crippen molar-refractivity contribution in [2.75, 3.05) is 30.3 Å². The van der Waals surface area contributed by atoms with Crippen LogP contribution in [0.15, 0.2) is 22.5 Å². The number of allylic oxidation sites excluding steroid dienone is 1. The van der Waals surface area contributed by atoms with Gasteiger partial charge in [-0.15, -0.1) is 16.9 Å². The molecule has 2 aliphatic heterocycles. The second-order valence-corrected chi connectivity index (χ2v) is 11.8. The highest BCUT2D eigenvalue weighted by Gasteiger charge is 2.57. The molecule has 1 aliphatic carbocycles. The molecular weight excluding hydrogens is 570 g/mol. The summed E-state index contributed by atoms with van der Waals surface area (Å²) in [5, 5.41) is 28.4. The van der Waals surface area contributed by atoms with Crippen LogP contribution < -0.4 is 16.8 Å². The molecule has 3 unspecified atom stereocenters. The number of carboxylic acid groups (broad SMARTS) is 1. The van der Waals surface area contributed by atoms with Crippen LogP contribution in [-0.4, -0.2) is 105 Å². The number of nitrogens with one attached hydrogen (secondary N) is 1. The Morgan fingerprint density at radius 1 is 1.41 bits per heavy atom. The smallest absolute Gasteiger partial charge is 0.313 e. The van der Waals surface area contributed by atoms with Crippen LogP contribution in [0.5, 0.6) is 0 Å². The van der Waals surface area contributed by atoms with Crippen molar-refractivity contribution >= 4 is 63.7 Å². The Hall–Kier alpha value is -3.29. The highest BCUT2D eigenvalue weighted by Crippen LogP contribution is 2.44. The minimum atomic E-state index is -1.23. The number of nitrogens with zero attached hydrogens (tertiary/aromatic N) is 8. The third-order valence-corrected chi connectivity index (χ3v) is 9.70. The first-order valence-electron chi connectivity index (χ1n) is 11.9. The number of β-lactam (4-membered cyclic amide) rings is 1. The molecule has 4 atom stereocenters. The van der Waals surface area contributed by atoms with Crippen molar-refractivity contribution in [2.45, 2.75) is 42.1 Å². The summed E-state index contributed by atoms with van der Waals surface area (Å²) < 4.78 is 5.57. The van der Waals surface area contributed by atoms with Crippen molar-refractivity contribution in [2.24, 2.45) is 16.3 Å². The van der Waals surface area contributed by atoms with Gasteiger partial charge in [-0.2, -0.15) is 9.36 Å². The van der Waals surface area contributed by atoms with Crippen LogP contribution in [0.1, 0.15) is 18.7 Å². The third-order valence-electron chi connectivity index (χ3n) is 6.32. The summed E-state index contributed by atoms with van der Waals surface area (Å²) >= 11 is 3.39. The molecule has 208 valence electrons. The Labute approximate surface area is 234 Å². The van der Waals surface area contributed by atoms with Gasteiger partial charge in [-0.05, 0) is 29.3 Å². The molecule has 2 fully saturated rings. The summed E-state index contributed by atoms with van der Waals surface area (Å²) in [6, 6.07) is -0.869. The van der Waals surface area contributed by atoms with Crippen molar-refractivity contribution in [3.05, 3.63) is 18.0 Å². The average molecular weight is 596 g/mol. The molecule has 0 saturated carbocycles. The van der Waals surface area contributed by atoms with E-state index in [0.717, 1.165) is 24.4 Å². The molecule has 16 nitrogen and oxygen atoms in total. The van der Waals surface area contributed by atoms with Gasteiger partial charge in [0, 0.05) is 36.1 Å². The van der Waals surface area contributed by atoms with Gasteiger partial charge in [-0.25, -0.2) is 4.68 Å². The Kier molecular flexibility index (Phi) is 8.01. The lowest BCUT2D eigenvalue weighted by Gasteiger charge is -2.53. The molecule has 5 rings (SSSR count). The number of nitrogens with two attached hydrogens (primary N) is 2. The van der Waals surface area contributed by atoms with Crippen molar-refractivity contribution < 1.29 is 24.3 Å². The summed E-state index contributed by atoms with van der Waals surface area (Å²) in [6.45, 7) is 0.714. The van der Waals surface area contributed by atoms with E-state index in [2.05, 4.69) is 35.4 Å². The SMILES string of the molecule is NCCn1nnnc1SCC1(C(=O)O)CS[C@@H]2C(NC(=O)C(=NOC3C=CCC3)c3nsc(N)n3)C(=O)N2C1. The van der Waals surface area contributed by atoms with Gasteiger partial charge in [0.05, 0.1) is 6.54 Å². The maximum Gasteiger partial charge on any atom is 0.313 e. The van der Waals surface area contributed by atoms with E-state index in [1.54, 1.807) is 0 Å². The lowest BCUT2D eigenvalue weighted by atomic mass is 9.89. The lowest BCUT2D eigenvalue weighted by molar-refractivity contribution is -0.157. The van der Waals surface area contributed by atoms with E-state index in [4.69, 9.17) is 16.3 Å². The van der Waals surface area contributed by atoms with Gasteiger partial charge in [-0.3, -0.25) is 14.4 Å². The number of carbonyl (C=O) groups excluding carboxylic acids is 2. The fourth-order valence-corrected chi connectivity index (χ4v) is 7.41. The number of hydrogen-bond donors (Lipinski definition) is 4. The molecule has 4 heterocycles. The van der Waals surface area contributed by atoms with E-state index in [0.29, 0.717) is 18.2 Å². The molecule has 2 saturated heterocycles. The molecule has 2 amide bonds. The maximum absolute atomic E-state index is 13.2. The number of anilines is 1. The number of carboxylic acids is 1. The summed E-state index contributed by atoms with van der Waals surface area (Å²) in [6.07, 6.45) is 5.10. The molecule has 0 aromatic carbocycles. The fraction of sp³-hybridized carbons (Fsp3) is 0.550. The maximum atomic E-state index is 13.2. The number of rotatable bonds is 11. The minimum Gasteiger partial charge on any atom is -0.481 e. The second-order valence-electron chi connectivity index (χ2n) is 9.01. The van der Waals surface area contributed by atoms with Gasteiger partial charge in [0.15, 0.2) is 5.13 Å². The van der Waals surface area contributed by atoms with Gasteiger partial charge in [-0.1, -0.05) is 23.0 Å². The second kappa shape index (κ2) is 11.4. The van der Waals surface area contributed by atoms with Crippen LogP contribution in [-0.2, 0) is 25.8 Å². The number of thioether (sulfide) groups is 2. The number of aliphatic carboxylic acids is 1. The zero-order valence-electron chi connectivity index (χ0n) is 20.4. The first kappa shape index (κ1) is 27.3. The molecule has 19 heteroatoms. The molecule has 0 radical (unpaired) electrons. The first-order valence-corrected chi connectivity index (χ1v) is 14.7. The van der Waals surface area contributed by atoms with E-state index >= 15 is 0 Å². The van der Waals surface area contributed by atoms with E-state index in [1.807, 2.05) is 12.2 Å². The highest BCUT2D eigenvalue weighted by molar-refractivity contribution is 8.00.